The number of hydrogen-bond donors (Lipinski definition) is 1. The summed E-state index contributed by atoms with van der Waals surface area (Å²) in [6.07, 6.45) is -4.58. The molecule has 128 valence electrons. The van der Waals surface area contributed by atoms with Gasteiger partial charge in [-0.1, -0.05) is 23.2 Å². The van der Waals surface area contributed by atoms with Crippen LogP contribution < -0.4 is 0 Å². The van der Waals surface area contributed by atoms with E-state index in [4.69, 9.17) is 23.2 Å². The molecule has 8 heteroatoms. The van der Waals surface area contributed by atoms with Crippen LogP contribution in [0.4, 0.5) is 13.2 Å². The Labute approximate surface area is 149 Å². The molecule has 0 aliphatic heterocycles. The minimum absolute atomic E-state index is 0.101. The van der Waals surface area contributed by atoms with Gasteiger partial charge < -0.3 is 5.11 Å². The van der Waals surface area contributed by atoms with Crippen LogP contribution in [0.2, 0.25) is 10.0 Å². The third-order valence-corrected chi connectivity index (χ3v) is 4.12. The van der Waals surface area contributed by atoms with Crippen molar-refractivity contribution in [2.24, 2.45) is 0 Å². The van der Waals surface area contributed by atoms with Gasteiger partial charge in [0.05, 0.1) is 27.4 Å². The highest BCUT2D eigenvalue weighted by atomic mass is 35.5. The first-order valence-electron chi connectivity index (χ1n) is 6.87. The van der Waals surface area contributed by atoms with Crippen LogP contribution in [-0.4, -0.2) is 16.1 Å². The normalized spacial score (nSPS) is 11.7. The summed E-state index contributed by atoms with van der Waals surface area (Å²) in [6.45, 7) is 0. The van der Waals surface area contributed by atoms with Crippen LogP contribution in [0.3, 0.4) is 0 Å². The molecule has 0 amide bonds. The Hall–Kier alpha value is -2.31. The summed E-state index contributed by atoms with van der Waals surface area (Å²) in [4.78, 5) is 15.8. The zero-order valence-electron chi connectivity index (χ0n) is 12.2. The molecule has 0 spiro atoms. The first kappa shape index (κ1) is 17.5. The van der Waals surface area contributed by atoms with Crippen LogP contribution in [0.25, 0.3) is 22.2 Å². The summed E-state index contributed by atoms with van der Waals surface area (Å²) in [5.41, 5.74) is -0.464. The highest BCUT2D eigenvalue weighted by Crippen LogP contribution is 2.35. The highest BCUT2D eigenvalue weighted by molar-refractivity contribution is 6.36. The van der Waals surface area contributed by atoms with Gasteiger partial charge in [-0.2, -0.15) is 13.2 Å². The minimum atomic E-state index is -4.58. The Bertz CT molecular complexity index is 1000. The van der Waals surface area contributed by atoms with Gasteiger partial charge in [0.2, 0.25) is 0 Å². The lowest BCUT2D eigenvalue weighted by atomic mass is 10.0. The number of fused-ring (bicyclic) bond motifs is 1. The molecule has 2 aromatic carbocycles. The molecule has 0 atom stereocenters. The monoisotopic (exact) mass is 385 g/mol. The lowest BCUT2D eigenvalue weighted by Gasteiger charge is -2.11. The Morgan fingerprint density at radius 1 is 1.04 bits per heavy atom. The summed E-state index contributed by atoms with van der Waals surface area (Å²) >= 11 is 11.9. The average molecular weight is 386 g/mol. The number of benzene rings is 2. The first-order valence-corrected chi connectivity index (χ1v) is 7.63. The van der Waals surface area contributed by atoms with Crippen molar-refractivity contribution < 1.29 is 23.1 Å². The fraction of sp³-hybridized carbons (Fsp3) is 0.0588. The predicted molar refractivity (Wildman–Crippen MR) is 89.2 cm³/mol. The van der Waals surface area contributed by atoms with Gasteiger partial charge in [-0.15, -0.1) is 0 Å². The third-order valence-electron chi connectivity index (χ3n) is 3.57. The predicted octanol–water partition coefficient (Wildman–Crippen LogP) is 5.93. The van der Waals surface area contributed by atoms with Gasteiger partial charge >= 0.3 is 12.1 Å². The van der Waals surface area contributed by atoms with Crippen molar-refractivity contribution in [3.63, 3.8) is 0 Å². The summed E-state index contributed by atoms with van der Waals surface area (Å²) < 4.78 is 38.7. The Morgan fingerprint density at radius 2 is 1.76 bits per heavy atom. The molecule has 0 aliphatic rings. The molecule has 0 aliphatic carbocycles. The maximum atomic E-state index is 12.9. The van der Waals surface area contributed by atoms with Crippen LogP contribution in [0, 0.1) is 0 Å². The molecule has 0 bridgehead atoms. The maximum absolute atomic E-state index is 12.9. The fourth-order valence-electron chi connectivity index (χ4n) is 2.41. The molecule has 25 heavy (non-hydrogen) atoms. The fourth-order valence-corrected chi connectivity index (χ4v) is 2.92. The number of rotatable bonds is 2. The topological polar surface area (TPSA) is 50.2 Å². The standard InChI is InChI=1S/C17H8Cl2F3NO2/c18-9-2-3-10(13(19)6-9)15-7-12(16(24)25)11-5-8(17(20,21)22)1-4-14(11)23-15/h1-7H,(H,24,25). The van der Waals surface area contributed by atoms with Crippen molar-refractivity contribution >= 4 is 40.1 Å². The molecule has 0 saturated carbocycles. The van der Waals surface area contributed by atoms with Crippen molar-refractivity contribution in [3.8, 4) is 11.3 Å². The minimum Gasteiger partial charge on any atom is -0.478 e. The Morgan fingerprint density at radius 3 is 2.36 bits per heavy atom. The van der Waals surface area contributed by atoms with Crippen LogP contribution in [0.5, 0.6) is 0 Å². The number of aromatic nitrogens is 1. The summed E-state index contributed by atoms with van der Waals surface area (Å²) in [5, 5.41) is 9.94. The van der Waals surface area contributed by atoms with E-state index in [1.54, 1.807) is 12.1 Å². The number of pyridine rings is 1. The number of halogens is 5. The number of aromatic carboxylic acids is 1. The van der Waals surface area contributed by atoms with E-state index in [0.717, 1.165) is 18.2 Å². The SMILES string of the molecule is O=C(O)c1cc(-c2ccc(Cl)cc2Cl)nc2ccc(C(F)(F)F)cc12. The molecule has 0 fully saturated rings. The van der Waals surface area contributed by atoms with E-state index in [0.29, 0.717) is 10.6 Å². The Kier molecular flexibility index (Phi) is 4.34. The molecule has 3 rings (SSSR count). The number of nitrogens with zero attached hydrogens (tertiary/aromatic N) is 1. The second kappa shape index (κ2) is 6.20. The molecule has 0 saturated heterocycles. The number of alkyl halides is 3. The quantitative estimate of drug-likeness (QED) is 0.594. The van der Waals surface area contributed by atoms with Gasteiger partial charge in [-0.3, -0.25) is 0 Å². The lowest BCUT2D eigenvalue weighted by Crippen LogP contribution is -2.06. The third kappa shape index (κ3) is 3.41. The van der Waals surface area contributed by atoms with Gasteiger partial charge in [0.15, 0.2) is 0 Å². The van der Waals surface area contributed by atoms with Crippen molar-refractivity contribution in [3.05, 3.63) is 63.6 Å². The number of carboxylic acids is 1. The largest absolute Gasteiger partial charge is 0.478 e. The van der Waals surface area contributed by atoms with Crippen molar-refractivity contribution in [2.45, 2.75) is 6.18 Å². The van der Waals surface area contributed by atoms with Gasteiger partial charge in [0, 0.05) is 16.0 Å². The zero-order valence-corrected chi connectivity index (χ0v) is 13.7. The van der Waals surface area contributed by atoms with E-state index in [-0.39, 0.29) is 27.2 Å². The molecule has 3 nitrogen and oxygen atoms in total. The highest BCUT2D eigenvalue weighted by Gasteiger charge is 2.31. The summed E-state index contributed by atoms with van der Waals surface area (Å²) in [5.74, 6) is -1.36. The van der Waals surface area contributed by atoms with Gasteiger partial charge in [0.25, 0.3) is 0 Å². The van der Waals surface area contributed by atoms with Gasteiger partial charge in [-0.25, -0.2) is 9.78 Å². The number of carboxylic acid groups (broad SMARTS) is 1. The molecule has 1 heterocycles. The molecular weight excluding hydrogens is 378 g/mol. The van der Waals surface area contributed by atoms with Crippen molar-refractivity contribution in [1.29, 1.82) is 0 Å². The molecule has 1 N–H and O–H groups in total. The average Bonchev–Trinajstić information content (AvgIpc) is 2.52. The smallest absolute Gasteiger partial charge is 0.416 e. The molecule has 3 aromatic rings. The lowest BCUT2D eigenvalue weighted by molar-refractivity contribution is -0.137. The first-order chi connectivity index (χ1) is 11.7. The van der Waals surface area contributed by atoms with Gasteiger partial charge in [0.1, 0.15) is 0 Å². The van der Waals surface area contributed by atoms with E-state index in [1.165, 1.54) is 12.1 Å². The second-order valence-electron chi connectivity index (χ2n) is 5.21. The van der Waals surface area contributed by atoms with E-state index < -0.39 is 17.7 Å². The van der Waals surface area contributed by atoms with E-state index in [9.17, 15) is 23.1 Å². The summed E-state index contributed by atoms with van der Waals surface area (Å²) in [6, 6.07) is 8.55. The van der Waals surface area contributed by atoms with Crippen LogP contribution in [0.1, 0.15) is 15.9 Å². The van der Waals surface area contributed by atoms with Crippen molar-refractivity contribution in [1.82, 2.24) is 4.98 Å². The van der Waals surface area contributed by atoms with E-state index >= 15 is 0 Å². The van der Waals surface area contributed by atoms with E-state index in [2.05, 4.69) is 4.98 Å². The molecule has 0 unspecified atom stereocenters. The van der Waals surface area contributed by atoms with Gasteiger partial charge in [-0.05, 0) is 42.5 Å². The Balaban J connectivity index is 2.29. The maximum Gasteiger partial charge on any atom is 0.416 e. The number of hydrogen-bond acceptors (Lipinski definition) is 2. The number of carbonyl (C=O) groups is 1. The van der Waals surface area contributed by atoms with Crippen LogP contribution >= 0.6 is 23.2 Å². The molecule has 0 radical (unpaired) electrons. The summed E-state index contributed by atoms with van der Waals surface area (Å²) in [7, 11) is 0. The van der Waals surface area contributed by atoms with Crippen molar-refractivity contribution in [2.75, 3.05) is 0 Å². The zero-order chi connectivity index (χ0) is 18.4. The second-order valence-corrected chi connectivity index (χ2v) is 6.06. The van der Waals surface area contributed by atoms with Crippen LogP contribution in [-0.2, 0) is 6.18 Å². The molecular formula is C17H8Cl2F3NO2. The molecule has 1 aromatic heterocycles. The van der Waals surface area contributed by atoms with E-state index in [1.807, 2.05) is 0 Å². The van der Waals surface area contributed by atoms with Crippen LogP contribution in [0.15, 0.2) is 42.5 Å².